The lowest BCUT2D eigenvalue weighted by Crippen LogP contribution is -1.94. The van der Waals surface area contributed by atoms with Crippen molar-refractivity contribution in [2.75, 3.05) is 0 Å². The first-order valence-corrected chi connectivity index (χ1v) is 6.88. The Hall–Kier alpha value is -1.64. The zero-order chi connectivity index (χ0) is 14.1. The van der Waals surface area contributed by atoms with Crippen molar-refractivity contribution in [1.29, 1.82) is 0 Å². The number of rotatable bonds is 2. The lowest BCUT2D eigenvalue weighted by atomic mass is 10.0. The monoisotopic (exact) mass is 305 g/mol. The first kappa shape index (κ1) is 13.3. The summed E-state index contributed by atoms with van der Waals surface area (Å²) in [6, 6.07) is 14.3. The fourth-order valence-electron chi connectivity index (χ4n) is 2.15. The van der Waals surface area contributed by atoms with Gasteiger partial charge in [0.05, 0.1) is 0 Å². The smallest absolute Gasteiger partial charge is 0.149 e. The van der Waals surface area contributed by atoms with Crippen LogP contribution < -0.4 is 0 Å². The third-order valence-corrected chi connectivity index (χ3v) is 3.86. The van der Waals surface area contributed by atoms with Crippen LogP contribution >= 0.6 is 23.2 Å². The van der Waals surface area contributed by atoms with E-state index >= 15 is 0 Å². The van der Waals surface area contributed by atoms with E-state index in [9.17, 15) is 4.39 Å². The van der Waals surface area contributed by atoms with E-state index in [1.165, 1.54) is 6.07 Å². The van der Waals surface area contributed by atoms with Crippen molar-refractivity contribution in [1.82, 2.24) is 4.98 Å². The minimum absolute atomic E-state index is 0.292. The molecule has 0 aliphatic rings. The fourth-order valence-corrected chi connectivity index (χ4v) is 2.56. The standard InChI is InChI=1S/C16H10Cl2FN/c17-13-6-2-1-4-10(13)8-12-9-11-5-3-7-14(19)15(11)20-16(12)18/h1-7,9H,8H2. The van der Waals surface area contributed by atoms with Crippen molar-refractivity contribution in [3.63, 3.8) is 0 Å². The van der Waals surface area contributed by atoms with Crippen LogP contribution in [0.25, 0.3) is 10.9 Å². The third kappa shape index (κ3) is 2.49. The quantitative estimate of drug-likeness (QED) is 0.588. The summed E-state index contributed by atoms with van der Waals surface area (Å²) >= 11 is 12.3. The van der Waals surface area contributed by atoms with Crippen LogP contribution in [-0.2, 0) is 6.42 Å². The second-order valence-corrected chi connectivity index (χ2v) is 5.28. The van der Waals surface area contributed by atoms with Gasteiger partial charge < -0.3 is 0 Å². The summed E-state index contributed by atoms with van der Waals surface area (Å²) in [5.74, 6) is -0.367. The molecule has 2 aromatic carbocycles. The number of halogens is 3. The first-order valence-electron chi connectivity index (χ1n) is 6.12. The third-order valence-electron chi connectivity index (χ3n) is 3.16. The molecule has 1 heterocycles. The summed E-state index contributed by atoms with van der Waals surface area (Å²) in [6.07, 6.45) is 0.567. The van der Waals surface area contributed by atoms with Gasteiger partial charge in [-0.15, -0.1) is 0 Å². The number of hydrogen-bond donors (Lipinski definition) is 0. The van der Waals surface area contributed by atoms with Gasteiger partial charge in [-0.25, -0.2) is 9.37 Å². The molecule has 3 rings (SSSR count). The van der Waals surface area contributed by atoms with Crippen LogP contribution in [0.4, 0.5) is 4.39 Å². The zero-order valence-corrected chi connectivity index (χ0v) is 11.9. The summed E-state index contributed by atoms with van der Waals surface area (Å²) in [6.45, 7) is 0. The molecule has 3 aromatic rings. The molecule has 0 fully saturated rings. The van der Waals surface area contributed by atoms with E-state index in [0.717, 1.165) is 16.5 Å². The molecule has 1 nitrogen and oxygen atoms in total. The van der Waals surface area contributed by atoms with Crippen LogP contribution in [0.15, 0.2) is 48.5 Å². The summed E-state index contributed by atoms with van der Waals surface area (Å²) in [7, 11) is 0. The summed E-state index contributed by atoms with van der Waals surface area (Å²) in [5.41, 5.74) is 2.09. The molecule has 0 atom stereocenters. The van der Waals surface area contributed by atoms with Gasteiger partial charge in [0.15, 0.2) is 0 Å². The number of fused-ring (bicyclic) bond motifs is 1. The Morgan fingerprint density at radius 1 is 0.950 bits per heavy atom. The van der Waals surface area contributed by atoms with Crippen LogP contribution in [0, 0.1) is 5.82 Å². The van der Waals surface area contributed by atoms with Gasteiger partial charge in [-0.2, -0.15) is 0 Å². The second-order valence-electron chi connectivity index (χ2n) is 4.52. The Balaban J connectivity index is 2.08. The minimum atomic E-state index is -0.367. The predicted octanol–water partition coefficient (Wildman–Crippen LogP) is 5.27. The molecule has 20 heavy (non-hydrogen) atoms. The molecule has 0 saturated heterocycles. The largest absolute Gasteiger partial charge is 0.233 e. The zero-order valence-electron chi connectivity index (χ0n) is 10.4. The normalized spacial score (nSPS) is 10.9. The van der Waals surface area contributed by atoms with E-state index in [0.29, 0.717) is 22.1 Å². The van der Waals surface area contributed by atoms with Gasteiger partial charge in [-0.05, 0) is 29.3 Å². The van der Waals surface area contributed by atoms with Gasteiger partial charge >= 0.3 is 0 Å². The maximum absolute atomic E-state index is 13.6. The van der Waals surface area contributed by atoms with Gasteiger partial charge in [0, 0.05) is 16.8 Å². The number of para-hydroxylation sites is 1. The molecule has 0 unspecified atom stereocenters. The van der Waals surface area contributed by atoms with Gasteiger partial charge in [0.25, 0.3) is 0 Å². The molecule has 0 radical (unpaired) electrons. The molecule has 0 amide bonds. The molecule has 0 aliphatic heterocycles. The number of nitrogens with zero attached hydrogens (tertiary/aromatic N) is 1. The van der Waals surface area contributed by atoms with Crippen LogP contribution in [-0.4, -0.2) is 4.98 Å². The topological polar surface area (TPSA) is 12.9 Å². The average Bonchev–Trinajstić information content (AvgIpc) is 2.43. The minimum Gasteiger partial charge on any atom is -0.233 e. The van der Waals surface area contributed by atoms with Crippen molar-refractivity contribution >= 4 is 34.1 Å². The summed E-state index contributed by atoms with van der Waals surface area (Å²) in [4.78, 5) is 4.15. The van der Waals surface area contributed by atoms with Crippen molar-refractivity contribution < 1.29 is 4.39 Å². The number of hydrogen-bond acceptors (Lipinski definition) is 1. The number of benzene rings is 2. The molecule has 1 aromatic heterocycles. The van der Waals surface area contributed by atoms with E-state index in [1.807, 2.05) is 36.4 Å². The highest BCUT2D eigenvalue weighted by molar-refractivity contribution is 6.32. The van der Waals surface area contributed by atoms with Crippen LogP contribution in [0.2, 0.25) is 10.2 Å². The Labute approximate surface area is 126 Å². The SMILES string of the molecule is Fc1cccc2cc(Cc3ccccc3Cl)c(Cl)nc12. The second kappa shape index (κ2) is 5.39. The molecule has 4 heteroatoms. The highest BCUT2D eigenvalue weighted by Crippen LogP contribution is 2.26. The highest BCUT2D eigenvalue weighted by atomic mass is 35.5. The van der Waals surface area contributed by atoms with Crippen molar-refractivity contribution in [2.24, 2.45) is 0 Å². The van der Waals surface area contributed by atoms with Crippen LogP contribution in [0.5, 0.6) is 0 Å². The Kier molecular flexibility index (Phi) is 3.60. The van der Waals surface area contributed by atoms with Gasteiger partial charge in [0.2, 0.25) is 0 Å². The predicted molar refractivity (Wildman–Crippen MR) is 81.0 cm³/mol. The Morgan fingerprint density at radius 2 is 1.75 bits per heavy atom. The molecule has 0 bridgehead atoms. The van der Waals surface area contributed by atoms with Crippen LogP contribution in [0.3, 0.4) is 0 Å². The highest BCUT2D eigenvalue weighted by Gasteiger charge is 2.10. The molecule has 0 N–H and O–H groups in total. The van der Waals surface area contributed by atoms with E-state index in [-0.39, 0.29) is 5.82 Å². The lowest BCUT2D eigenvalue weighted by Gasteiger charge is -2.08. The van der Waals surface area contributed by atoms with Gasteiger partial charge in [-0.1, -0.05) is 53.5 Å². The molecule has 0 spiro atoms. The van der Waals surface area contributed by atoms with Crippen LogP contribution in [0.1, 0.15) is 11.1 Å². The fraction of sp³-hybridized carbons (Fsp3) is 0.0625. The Bertz CT molecular complexity index is 787. The van der Waals surface area contributed by atoms with E-state index in [1.54, 1.807) is 6.07 Å². The van der Waals surface area contributed by atoms with Crippen molar-refractivity contribution in [3.05, 3.63) is 75.7 Å². The first-order chi connectivity index (χ1) is 9.65. The molecule has 0 aliphatic carbocycles. The summed E-state index contributed by atoms with van der Waals surface area (Å²) in [5, 5.41) is 1.72. The maximum Gasteiger partial charge on any atom is 0.149 e. The number of aromatic nitrogens is 1. The molecular weight excluding hydrogens is 296 g/mol. The van der Waals surface area contributed by atoms with E-state index in [4.69, 9.17) is 23.2 Å². The van der Waals surface area contributed by atoms with E-state index in [2.05, 4.69) is 4.98 Å². The lowest BCUT2D eigenvalue weighted by molar-refractivity contribution is 0.637. The molecule has 100 valence electrons. The van der Waals surface area contributed by atoms with Crippen molar-refractivity contribution in [3.8, 4) is 0 Å². The molecule has 0 saturated carbocycles. The molecular formula is C16H10Cl2FN. The average molecular weight is 306 g/mol. The Morgan fingerprint density at radius 3 is 2.55 bits per heavy atom. The van der Waals surface area contributed by atoms with Gasteiger partial charge in [-0.3, -0.25) is 0 Å². The van der Waals surface area contributed by atoms with Gasteiger partial charge in [0.1, 0.15) is 16.5 Å². The van der Waals surface area contributed by atoms with E-state index < -0.39 is 0 Å². The summed E-state index contributed by atoms with van der Waals surface area (Å²) < 4.78 is 13.6. The van der Waals surface area contributed by atoms with Crippen molar-refractivity contribution in [2.45, 2.75) is 6.42 Å². The maximum atomic E-state index is 13.6. The number of pyridine rings is 1.